The third-order valence-corrected chi connectivity index (χ3v) is 9.51. The second-order valence-electron chi connectivity index (χ2n) is 12.9. The molecule has 0 radical (unpaired) electrons. The van der Waals surface area contributed by atoms with Gasteiger partial charge >= 0.3 is 0 Å². The molecule has 0 saturated carbocycles. The van der Waals surface area contributed by atoms with Crippen LogP contribution in [0.1, 0.15) is 127 Å². The zero-order chi connectivity index (χ0) is 30.1. The fourth-order valence-electron chi connectivity index (χ4n) is 6.85. The van der Waals surface area contributed by atoms with Crippen LogP contribution in [-0.4, -0.2) is 25.4 Å². The minimum atomic E-state index is -0.474. The molecule has 0 bridgehead atoms. The molecule has 0 spiro atoms. The largest absolute Gasteiger partial charge is 0.370 e. The lowest BCUT2D eigenvalue weighted by atomic mass is 9.80. The first-order chi connectivity index (χ1) is 21.2. The Bertz CT molecular complexity index is 945. The average molecular weight is 587 g/mol. The lowest BCUT2D eigenvalue weighted by molar-refractivity contribution is -0.197. The minimum absolute atomic E-state index is 0.0891. The first-order valence-electron chi connectivity index (χ1n) is 17.5. The molecule has 3 heteroatoms. The van der Waals surface area contributed by atoms with Crippen LogP contribution in [0.4, 0.5) is 0 Å². The fourth-order valence-corrected chi connectivity index (χ4v) is 6.85. The molecular formula is C40H58O3. The van der Waals surface area contributed by atoms with Crippen LogP contribution in [0, 0.1) is 0 Å². The molecule has 236 valence electrons. The van der Waals surface area contributed by atoms with Crippen molar-refractivity contribution in [3.05, 3.63) is 97.1 Å². The highest BCUT2D eigenvalue weighted by atomic mass is 16.6. The van der Waals surface area contributed by atoms with Crippen LogP contribution in [0.3, 0.4) is 0 Å². The van der Waals surface area contributed by atoms with Gasteiger partial charge in [0.15, 0.2) is 0 Å². The molecule has 0 N–H and O–H groups in total. The molecular weight excluding hydrogens is 528 g/mol. The highest BCUT2D eigenvalue weighted by Gasteiger charge is 2.58. The maximum absolute atomic E-state index is 7.72. The maximum atomic E-state index is 7.72. The van der Waals surface area contributed by atoms with E-state index >= 15 is 0 Å². The number of hydrogen-bond acceptors (Lipinski definition) is 3. The summed E-state index contributed by atoms with van der Waals surface area (Å²) in [4.78, 5) is 0. The van der Waals surface area contributed by atoms with E-state index in [4.69, 9.17) is 14.2 Å². The van der Waals surface area contributed by atoms with Gasteiger partial charge in [-0.1, -0.05) is 150 Å². The normalized spacial score (nSPS) is 20.2. The van der Waals surface area contributed by atoms with Crippen LogP contribution in [0.25, 0.3) is 0 Å². The zero-order valence-electron chi connectivity index (χ0n) is 26.9. The van der Waals surface area contributed by atoms with E-state index in [9.17, 15) is 0 Å². The van der Waals surface area contributed by atoms with Crippen molar-refractivity contribution in [3.8, 4) is 0 Å². The Kier molecular flexibility index (Phi) is 14.5. The predicted octanol–water partition coefficient (Wildman–Crippen LogP) is 11.0. The summed E-state index contributed by atoms with van der Waals surface area (Å²) < 4.78 is 20.0. The molecule has 4 unspecified atom stereocenters. The molecule has 2 heterocycles. The summed E-state index contributed by atoms with van der Waals surface area (Å²) in [5, 5.41) is 0. The van der Waals surface area contributed by atoms with Crippen LogP contribution >= 0.6 is 0 Å². The van der Waals surface area contributed by atoms with Crippen molar-refractivity contribution in [3.63, 3.8) is 0 Å². The molecule has 2 aliphatic heterocycles. The highest BCUT2D eigenvalue weighted by Crippen LogP contribution is 2.52. The third-order valence-electron chi connectivity index (χ3n) is 9.51. The van der Waals surface area contributed by atoms with Crippen LogP contribution in [0.15, 0.2) is 86.0 Å². The number of rotatable bonds is 26. The number of ether oxygens (including phenoxy) is 3. The summed E-state index contributed by atoms with van der Waals surface area (Å²) in [7, 11) is 0. The second-order valence-corrected chi connectivity index (χ2v) is 12.9. The average Bonchev–Trinajstić information content (AvgIpc) is 3.97. The zero-order valence-corrected chi connectivity index (χ0v) is 26.9. The number of hydrogen-bond donors (Lipinski definition) is 0. The lowest BCUT2D eigenvalue weighted by Gasteiger charge is -2.44. The Labute approximate surface area is 263 Å². The van der Waals surface area contributed by atoms with Gasteiger partial charge in [-0.3, -0.25) is 0 Å². The molecule has 4 atom stereocenters. The maximum Gasteiger partial charge on any atom is 0.123 e. The topological polar surface area (TPSA) is 34.3 Å². The molecule has 2 aliphatic rings. The van der Waals surface area contributed by atoms with Gasteiger partial charge in [-0.25, -0.2) is 0 Å². The molecule has 2 fully saturated rings. The van der Waals surface area contributed by atoms with Gasteiger partial charge in [0.05, 0.1) is 13.2 Å². The van der Waals surface area contributed by atoms with Crippen LogP contribution in [0.2, 0.25) is 0 Å². The van der Waals surface area contributed by atoms with Crippen molar-refractivity contribution in [2.75, 3.05) is 13.2 Å². The monoisotopic (exact) mass is 586 g/mol. The van der Waals surface area contributed by atoms with Gasteiger partial charge in [0.1, 0.15) is 23.4 Å². The predicted molar refractivity (Wildman–Crippen MR) is 180 cm³/mol. The lowest BCUT2D eigenvalue weighted by Crippen LogP contribution is -2.48. The molecule has 2 aromatic carbocycles. The summed E-state index contributed by atoms with van der Waals surface area (Å²) in [5.41, 5.74) is 1.56. The van der Waals surface area contributed by atoms with E-state index < -0.39 is 11.2 Å². The molecule has 0 aliphatic carbocycles. The summed E-state index contributed by atoms with van der Waals surface area (Å²) in [6.45, 7) is 9.23. The summed E-state index contributed by atoms with van der Waals surface area (Å²) >= 11 is 0. The van der Waals surface area contributed by atoms with E-state index in [2.05, 4.69) is 73.8 Å². The van der Waals surface area contributed by atoms with Gasteiger partial charge in [0, 0.05) is 0 Å². The Balaban J connectivity index is 1.47. The Morgan fingerprint density at radius 3 is 1.19 bits per heavy atom. The van der Waals surface area contributed by atoms with E-state index in [1.807, 2.05) is 12.2 Å². The van der Waals surface area contributed by atoms with E-state index in [1.54, 1.807) is 0 Å². The Hall–Kier alpha value is -2.20. The van der Waals surface area contributed by atoms with Gasteiger partial charge in [-0.15, -0.1) is 13.2 Å². The summed E-state index contributed by atoms with van der Waals surface area (Å²) in [5.74, 6) is 0. The van der Waals surface area contributed by atoms with Gasteiger partial charge in [-0.2, -0.15) is 0 Å². The van der Waals surface area contributed by atoms with Crippen molar-refractivity contribution >= 4 is 0 Å². The quantitative estimate of drug-likeness (QED) is 0.0624. The summed E-state index contributed by atoms with van der Waals surface area (Å²) in [6.07, 6.45) is 26.3. The van der Waals surface area contributed by atoms with Crippen molar-refractivity contribution in [2.45, 2.75) is 139 Å². The molecule has 2 saturated heterocycles. The van der Waals surface area contributed by atoms with E-state index in [1.165, 1.54) is 88.2 Å². The Morgan fingerprint density at radius 1 is 0.535 bits per heavy atom. The molecule has 2 aromatic rings. The van der Waals surface area contributed by atoms with Crippen LogP contribution < -0.4 is 0 Å². The van der Waals surface area contributed by atoms with Crippen molar-refractivity contribution in [2.24, 2.45) is 0 Å². The van der Waals surface area contributed by atoms with Gasteiger partial charge in [0.25, 0.3) is 0 Å². The Morgan fingerprint density at radius 2 is 0.860 bits per heavy atom. The number of allylic oxidation sites excluding steroid dienone is 2. The minimum Gasteiger partial charge on any atom is -0.370 e. The third kappa shape index (κ3) is 10.4. The molecule has 0 amide bonds. The first-order valence-corrected chi connectivity index (χ1v) is 17.5. The standard InChI is InChI=1S/C40H58O3/c1-3-5-7-9-11-13-15-17-25-31-39(37-33-41-37,35-27-21-19-22-28-35)43-40(38-34-42-38,36-29-23-20-24-30-36)32-26-18-16-14-12-10-8-6-4-2/h3-4,19-24,27-30,37-38H,1-2,5-18,25-26,31-34H2. The number of epoxide rings is 2. The highest BCUT2D eigenvalue weighted by molar-refractivity contribution is 5.31. The number of benzene rings is 2. The first kappa shape index (κ1) is 33.7. The number of unbranched alkanes of at least 4 members (excludes halogenated alkanes) is 14. The SMILES string of the molecule is C=CCCCCCCCCCC(OC(CCCCCCCCCC=C)(c1ccccc1)C1CO1)(c1ccccc1)C1CO1. The van der Waals surface area contributed by atoms with Crippen molar-refractivity contribution in [1.29, 1.82) is 0 Å². The van der Waals surface area contributed by atoms with Gasteiger partial charge < -0.3 is 14.2 Å². The summed E-state index contributed by atoms with van der Waals surface area (Å²) in [6, 6.07) is 21.9. The van der Waals surface area contributed by atoms with Crippen molar-refractivity contribution < 1.29 is 14.2 Å². The molecule has 0 aromatic heterocycles. The van der Waals surface area contributed by atoms with E-state index in [0.717, 1.165) is 51.7 Å². The van der Waals surface area contributed by atoms with Crippen LogP contribution in [0.5, 0.6) is 0 Å². The van der Waals surface area contributed by atoms with Crippen molar-refractivity contribution in [1.82, 2.24) is 0 Å². The van der Waals surface area contributed by atoms with E-state index in [0.29, 0.717) is 0 Å². The smallest absolute Gasteiger partial charge is 0.123 e. The second kappa shape index (κ2) is 18.6. The molecule has 3 nitrogen and oxygen atoms in total. The molecule has 43 heavy (non-hydrogen) atoms. The van der Waals surface area contributed by atoms with Crippen LogP contribution in [-0.2, 0) is 25.4 Å². The van der Waals surface area contributed by atoms with Gasteiger partial charge in [-0.05, 0) is 49.7 Å². The molecule has 4 rings (SSSR count). The van der Waals surface area contributed by atoms with Gasteiger partial charge in [0.2, 0.25) is 0 Å². The fraction of sp³-hybridized carbons (Fsp3) is 0.600. The van der Waals surface area contributed by atoms with E-state index in [-0.39, 0.29) is 12.2 Å².